The molecule has 4 rings (SSSR count). The van der Waals surface area contributed by atoms with Crippen LogP contribution in [0.2, 0.25) is 10.0 Å². The van der Waals surface area contributed by atoms with E-state index in [0.717, 1.165) is 12.8 Å². The second-order valence-corrected chi connectivity index (χ2v) is 11.8. The van der Waals surface area contributed by atoms with Crippen LogP contribution in [0.5, 0.6) is 0 Å². The van der Waals surface area contributed by atoms with Crippen molar-refractivity contribution in [3.8, 4) is 6.07 Å². The number of hydrogen-bond acceptors (Lipinski definition) is 4. The van der Waals surface area contributed by atoms with Crippen LogP contribution >= 0.6 is 23.2 Å². The number of Topliss-reactive ketones (excluding diaryl/α,β-unsaturated/α-hetero) is 1. The van der Waals surface area contributed by atoms with Crippen molar-refractivity contribution in [2.45, 2.75) is 63.5 Å². The molecular formula is C28H31Cl2FN2O2. The van der Waals surface area contributed by atoms with Crippen LogP contribution in [0, 0.1) is 28.5 Å². The van der Waals surface area contributed by atoms with Crippen LogP contribution in [0.4, 0.5) is 4.39 Å². The van der Waals surface area contributed by atoms with Gasteiger partial charge in [-0.2, -0.15) is 5.26 Å². The van der Waals surface area contributed by atoms with E-state index in [1.54, 1.807) is 36.4 Å². The second kappa shape index (κ2) is 10.2. The second-order valence-electron chi connectivity index (χ2n) is 11.0. The van der Waals surface area contributed by atoms with Crippen LogP contribution in [0.3, 0.4) is 0 Å². The van der Waals surface area contributed by atoms with Crippen molar-refractivity contribution in [1.82, 2.24) is 5.32 Å². The van der Waals surface area contributed by atoms with Gasteiger partial charge in [0.1, 0.15) is 17.8 Å². The van der Waals surface area contributed by atoms with E-state index in [4.69, 9.17) is 27.9 Å². The summed E-state index contributed by atoms with van der Waals surface area (Å²) in [6, 6.07) is 13.1. The molecule has 0 unspecified atom stereocenters. The Labute approximate surface area is 216 Å². The molecule has 0 amide bonds. The number of ketones is 1. The maximum absolute atomic E-state index is 15.5. The Balaban J connectivity index is 1.86. The summed E-state index contributed by atoms with van der Waals surface area (Å²) in [6.45, 7) is 6.71. The van der Waals surface area contributed by atoms with Gasteiger partial charge >= 0.3 is 0 Å². The average molecular weight is 517 g/mol. The normalized spacial score (nSPS) is 26.5. The Morgan fingerprint density at radius 3 is 2.49 bits per heavy atom. The maximum atomic E-state index is 15.5. The van der Waals surface area contributed by atoms with Crippen molar-refractivity contribution >= 4 is 29.0 Å². The molecule has 0 spiro atoms. The van der Waals surface area contributed by atoms with Crippen molar-refractivity contribution in [1.29, 1.82) is 5.26 Å². The summed E-state index contributed by atoms with van der Waals surface area (Å²) >= 11 is 12.4. The zero-order chi connectivity index (χ0) is 25.4. The monoisotopic (exact) mass is 516 g/mol. The van der Waals surface area contributed by atoms with E-state index in [9.17, 15) is 10.1 Å². The van der Waals surface area contributed by atoms with Crippen LogP contribution in [-0.2, 0) is 14.9 Å². The van der Waals surface area contributed by atoms with Crippen LogP contribution < -0.4 is 5.32 Å². The van der Waals surface area contributed by atoms with Gasteiger partial charge in [0.05, 0.1) is 17.1 Å². The SMILES string of the molecule is CC(C)(C)C[C@@H]1N[C@@H](C(=O)COCC2CC2)[C@H](c2cccc(Cl)c2F)[C@@]1(C#N)c1ccc(Cl)cc1. The molecule has 1 saturated heterocycles. The van der Waals surface area contributed by atoms with Crippen molar-refractivity contribution in [2.75, 3.05) is 13.2 Å². The molecule has 1 aliphatic carbocycles. The molecule has 2 fully saturated rings. The fourth-order valence-electron chi connectivity index (χ4n) is 5.24. The lowest BCUT2D eigenvalue weighted by Crippen LogP contribution is -2.44. The molecule has 0 bridgehead atoms. The van der Waals surface area contributed by atoms with Gasteiger partial charge in [-0.1, -0.05) is 68.2 Å². The molecule has 1 heterocycles. The van der Waals surface area contributed by atoms with E-state index in [1.807, 2.05) is 0 Å². The quantitative estimate of drug-likeness (QED) is 0.437. The minimum absolute atomic E-state index is 0.0408. The standard InChI is InChI=1S/C28H31Cl2FN2O2/c1-27(2,3)13-23-28(16-32,18-9-11-19(29)12-10-18)24(20-5-4-6-21(30)25(20)31)26(33-23)22(34)15-35-14-17-7-8-17/h4-6,9-12,17,23-24,26,33H,7-8,13-15H2,1-3H3/t23-,24-,26-,28-/m0/s1. The number of carbonyl (C=O) groups excluding carboxylic acids is 1. The third-order valence-corrected chi connectivity index (χ3v) is 7.58. The first-order chi connectivity index (χ1) is 16.6. The van der Waals surface area contributed by atoms with Gasteiger partial charge < -0.3 is 10.1 Å². The van der Waals surface area contributed by atoms with E-state index in [2.05, 4.69) is 32.2 Å². The van der Waals surface area contributed by atoms with Crippen LogP contribution in [-0.4, -0.2) is 31.1 Å². The summed E-state index contributed by atoms with van der Waals surface area (Å²) in [5.74, 6) is -1.10. The van der Waals surface area contributed by atoms with Gasteiger partial charge in [0.25, 0.3) is 0 Å². The van der Waals surface area contributed by atoms with Crippen LogP contribution in [0.25, 0.3) is 0 Å². The number of nitrogens with one attached hydrogen (secondary N) is 1. The summed E-state index contributed by atoms with van der Waals surface area (Å²) < 4.78 is 21.3. The number of halogens is 3. The Kier molecular flexibility index (Phi) is 7.60. The molecular weight excluding hydrogens is 486 g/mol. The van der Waals surface area contributed by atoms with Gasteiger partial charge in [-0.05, 0) is 59.9 Å². The number of nitrogens with zero attached hydrogens (tertiary/aromatic N) is 1. The fraction of sp³-hybridized carbons (Fsp3) is 0.500. The number of carbonyl (C=O) groups is 1. The predicted octanol–water partition coefficient (Wildman–Crippen LogP) is 6.45. The van der Waals surface area contributed by atoms with Crippen LogP contribution in [0.1, 0.15) is 57.1 Å². The van der Waals surface area contributed by atoms with E-state index >= 15 is 4.39 Å². The lowest BCUT2D eigenvalue weighted by atomic mass is 9.62. The third kappa shape index (κ3) is 5.42. The van der Waals surface area contributed by atoms with Gasteiger partial charge in [0.2, 0.25) is 0 Å². The molecule has 1 N–H and O–H groups in total. The number of rotatable bonds is 8. The third-order valence-electron chi connectivity index (χ3n) is 7.04. The summed E-state index contributed by atoms with van der Waals surface area (Å²) in [7, 11) is 0. The number of benzene rings is 2. The number of ether oxygens (including phenoxy) is 1. The molecule has 7 heteroatoms. The summed E-state index contributed by atoms with van der Waals surface area (Å²) in [5, 5.41) is 14.8. The highest BCUT2D eigenvalue weighted by Gasteiger charge is 2.60. The van der Waals surface area contributed by atoms with Gasteiger partial charge in [0, 0.05) is 23.6 Å². The molecule has 4 atom stereocenters. The summed E-state index contributed by atoms with van der Waals surface area (Å²) in [6.07, 6.45) is 2.83. The molecule has 1 saturated carbocycles. The zero-order valence-corrected chi connectivity index (χ0v) is 21.8. The minimum atomic E-state index is -1.24. The molecule has 2 aromatic carbocycles. The van der Waals surface area contributed by atoms with E-state index in [1.165, 1.54) is 6.07 Å². The first-order valence-corrected chi connectivity index (χ1v) is 12.8. The van der Waals surface area contributed by atoms with Gasteiger partial charge in [-0.25, -0.2) is 4.39 Å². The molecule has 4 nitrogen and oxygen atoms in total. The van der Waals surface area contributed by atoms with Gasteiger partial charge in [-0.15, -0.1) is 0 Å². The Hall–Kier alpha value is -1.97. The van der Waals surface area contributed by atoms with Crippen molar-refractivity contribution in [3.63, 3.8) is 0 Å². The molecule has 0 aromatic heterocycles. The van der Waals surface area contributed by atoms with E-state index in [-0.39, 0.29) is 28.4 Å². The van der Waals surface area contributed by atoms with Crippen molar-refractivity contribution in [3.05, 3.63) is 69.5 Å². The van der Waals surface area contributed by atoms with Crippen molar-refractivity contribution < 1.29 is 13.9 Å². The summed E-state index contributed by atoms with van der Waals surface area (Å²) in [4.78, 5) is 13.6. The van der Waals surface area contributed by atoms with E-state index in [0.29, 0.717) is 29.5 Å². The fourth-order valence-corrected chi connectivity index (χ4v) is 5.55. The molecule has 0 radical (unpaired) electrons. The van der Waals surface area contributed by atoms with Crippen LogP contribution in [0.15, 0.2) is 42.5 Å². The lowest BCUT2D eigenvalue weighted by molar-refractivity contribution is -0.126. The largest absolute Gasteiger partial charge is 0.373 e. The highest BCUT2D eigenvalue weighted by molar-refractivity contribution is 6.31. The number of hydrogen-bond donors (Lipinski definition) is 1. The Bertz CT molecular complexity index is 1120. The molecule has 1 aliphatic heterocycles. The van der Waals surface area contributed by atoms with E-state index < -0.39 is 29.2 Å². The first kappa shape index (κ1) is 26.1. The maximum Gasteiger partial charge on any atom is 0.175 e. The van der Waals surface area contributed by atoms with Gasteiger partial charge in [0.15, 0.2) is 5.78 Å². The Morgan fingerprint density at radius 2 is 1.89 bits per heavy atom. The number of nitriles is 1. The highest BCUT2D eigenvalue weighted by Crippen LogP contribution is 2.52. The first-order valence-electron chi connectivity index (χ1n) is 12.0. The molecule has 35 heavy (non-hydrogen) atoms. The molecule has 2 aliphatic rings. The topological polar surface area (TPSA) is 62.1 Å². The lowest BCUT2D eigenvalue weighted by Gasteiger charge is -2.37. The smallest absolute Gasteiger partial charge is 0.175 e. The molecule has 2 aromatic rings. The predicted molar refractivity (Wildman–Crippen MR) is 136 cm³/mol. The highest BCUT2D eigenvalue weighted by atomic mass is 35.5. The average Bonchev–Trinajstić information content (AvgIpc) is 3.57. The van der Waals surface area contributed by atoms with Crippen molar-refractivity contribution in [2.24, 2.45) is 11.3 Å². The minimum Gasteiger partial charge on any atom is -0.373 e. The zero-order valence-electron chi connectivity index (χ0n) is 20.3. The molecule has 186 valence electrons. The Morgan fingerprint density at radius 1 is 1.20 bits per heavy atom. The summed E-state index contributed by atoms with van der Waals surface area (Å²) in [5.41, 5.74) is -0.465. The van der Waals surface area contributed by atoms with Gasteiger partial charge in [-0.3, -0.25) is 4.79 Å².